The first-order chi connectivity index (χ1) is 9.64. The summed E-state index contributed by atoms with van der Waals surface area (Å²) in [5.74, 6) is -0.551. The summed E-state index contributed by atoms with van der Waals surface area (Å²) in [7, 11) is 0. The molecule has 0 aromatic heterocycles. The minimum Gasteiger partial charge on any atom is -0.394 e. The van der Waals surface area contributed by atoms with Gasteiger partial charge in [-0.3, -0.25) is 0 Å². The van der Waals surface area contributed by atoms with Crippen molar-refractivity contribution >= 4 is 5.69 Å². The quantitative estimate of drug-likeness (QED) is 0.901. The molecule has 104 valence electrons. The van der Waals surface area contributed by atoms with Crippen molar-refractivity contribution in [3.05, 3.63) is 65.2 Å². The third-order valence-electron chi connectivity index (χ3n) is 3.93. The first kappa shape index (κ1) is 13.1. The van der Waals surface area contributed by atoms with Crippen LogP contribution < -0.4 is 5.32 Å². The van der Waals surface area contributed by atoms with Crippen LogP contribution in [0.5, 0.6) is 0 Å². The molecule has 1 aliphatic rings. The fourth-order valence-corrected chi connectivity index (χ4v) is 2.88. The Kier molecular flexibility index (Phi) is 3.18. The third kappa shape index (κ3) is 2.06. The number of hydrogen-bond acceptors (Lipinski definition) is 2. The second-order valence-electron chi connectivity index (χ2n) is 5.14. The van der Waals surface area contributed by atoms with Crippen LogP contribution in [-0.4, -0.2) is 11.7 Å². The highest BCUT2D eigenvalue weighted by Gasteiger charge is 2.39. The highest BCUT2D eigenvalue weighted by atomic mass is 19.1. The van der Waals surface area contributed by atoms with E-state index in [9.17, 15) is 13.9 Å². The number of hydrogen-bond donors (Lipinski definition) is 2. The van der Waals surface area contributed by atoms with Gasteiger partial charge in [0, 0.05) is 5.69 Å². The van der Waals surface area contributed by atoms with Gasteiger partial charge in [0.1, 0.15) is 11.6 Å². The number of aliphatic hydroxyl groups excluding tert-OH is 1. The van der Waals surface area contributed by atoms with Gasteiger partial charge in [-0.15, -0.1) is 0 Å². The maximum Gasteiger partial charge on any atom is 0.126 e. The lowest BCUT2D eigenvalue weighted by Gasteiger charge is -2.31. The predicted octanol–water partition coefficient (Wildman–Crippen LogP) is 3.21. The van der Waals surface area contributed by atoms with Crippen molar-refractivity contribution in [1.29, 1.82) is 0 Å². The maximum atomic E-state index is 13.8. The molecule has 3 rings (SSSR count). The van der Waals surface area contributed by atoms with Gasteiger partial charge in [0.2, 0.25) is 0 Å². The normalized spacial score (nSPS) is 20.8. The molecule has 2 aromatic carbocycles. The molecule has 0 amide bonds. The van der Waals surface area contributed by atoms with E-state index in [2.05, 4.69) is 5.32 Å². The number of fused-ring (bicyclic) bond motifs is 1. The second kappa shape index (κ2) is 4.87. The molecule has 1 aliphatic carbocycles. The highest BCUT2D eigenvalue weighted by molar-refractivity contribution is 5.52. The Bertz CT molecular complexity index is 627. The monoisotopic (exact) mass is 275 g/mol. The molecule has 2 nitrogen and oxygen atoms in total. The molecule has 1 atom stereocenters. The average molecular weight is 275 g/mol. The topological polar surface area (TPSA) is 32.3 Å². The molecule has 2 aromatic rings. The van der Waals surface area contributed by atoms with Crippen molar-refractivity contribution in [2.24, 2.45) is 0 Å². The van der Waals surface area contributed by atoms with Crippen LogP contribution in [0.4, 0.5) is 14.5 Å². The number of anilines is 1. The molecule has 0 saturated carbocycles. The minimum atomic E-state index is -0.699. The number of nitrogens with one attached hydrogen (secondary N) is 1. The molecular formula is C16H15F2NO. The van der Waals surface area contributed by atoms with Crippen molar-refractivity contribution in [2.45, 2.75) is 18.4 Å². The highest BCUT2D eigenvalue weighted by Crippen LogP contribution is 2.40. The molecular weight excluding hydrogens is 260 g/mol. The standard InChI is InChI=1S/C16H15F2NO/c17-11-4-6-12(7-5-11)19-16(10-20)9-8-13-14(16)2-1-3-15(13)18/h1-7,19-20H,8-10H2. The van der Waals surface area contributed by atoms with Gasteiger partial charge in [-0.1, -0.05) is 12.1 Å². The first-order valence-corrected chi connectivity index (χ1v) is 6.57. The van der Waals surface area contributed by atoms with E-state index in [0.29, 0.717) is 24.1 Å². The van der Waals surface area contributed by atoms with Gasteiger partial charge in [-0.25, -0.2) is 8.78 Å². The summed E-state index contributed by atoms with van der Waals surface area (Å²) < 4.78 is 26.7. The Hall–Kier alpha value is -1.94. The van der Waals surface area contributed by atoms with E-state index in [1.54, 1.807) is 18.2 Å². The van der Waals surface area contributed by atoms with E-state index >= 15 is 0 Å². The summed E-state index contributed by atoms with van der Waals surface area (Å²) in [4.78, 5) is 0. The van der Waals surface area contributed by atoms with E-state index < -0.39 is 5.54 Å². The lowest BCUT2D eigenvalue weighted by Crippen LogP contribution is -2.36. The van der Waals surface area contributed by atoms with E-state index in [4.69, 9.17) is 0 Å². The minimum absolute atomic E-state index is 0.138. The van der Waals surface area contributed by atoms with Gasteiger partial charge >= 0.3 is 0 Å². The SMILES string of the molecule is OCC1(Nc2ccc(F)cc2)CCc2c(F)cccc21. The van der Waals surface area contributed by atoms with E-state index in [1.165, 1.54) is 18.2 Å². The summed E-state index contributed by atoms with van der Waals surface area (Å²) in [5.41, 5.74) is 1.44. The molecule has 0 spiro atoms. The number of halogens is 2. The molecule has 0 bridgehead atoms. The average Bonchev–Trinajstić information content (AvgIpc) is 2.83. The molecule has 0 radical (unpaired) electrons. The van der Waals surface area contributed by atoms with Crippen molar-refractivity contribution in [3.8, 4) is 0 Å². The molecule has 0 fully saturated rings. The van der Waals surface area contributed by atoms with Crippen molar-refractivity contribution in [3.63, 3.8) is 0 Å². The van der Waals surface area contributed by atoms with Crippen LogP contribution in [0.1, 0.15) is 17.5 Å². The number of benzene rings is 2. The van der Waals surface area contributed by atoms with Crippen LogP contribution in [-0.2, 0) is 12.0 Å². The molecule has 4 heteroatoms. The van der Waals surface area contributed by atoms with Gasteiger partial charge in [0.15, 0.2) is 0 Å². The molecule has 0 aliphatic heterocycles. The first-order valence-electron chi connectivity index (χ1n) is 6.57. The molecule has 0 saturated heterocycles. The Morgan fingerprint density at radius 1 is 1.10 bits per heavy atom. The van der Waals surface area contributed by atoms with Crippen molar-refractivity contribution in [1.82, 2.24) is 0 Å². The lowest BCUT2D eigenvalue weighted by atomic mass is 9.92. The van der Waals surface area contributed by atoms with Crippen LogP contribution in [0, 0.1) is 11.6 Å². The fraction of sp³-hybridized carbons (Fsp3) is 0.250. The Morgan fingerprint density at radius 3 is 2.55 bits per heavy atom. The number of aliphatic hydroxyl groups is 1. The summed E-state index contributed by atoms with van der Waals surface area (Å²) >= 11 is 0. The van der Waals surface area contributed by atoms with Crippen LogP contribution >= 0.6 is 0 Å². The van der Waals surface area contributed by atoms with Gasteiger partial charge in [-0.05, 0) is 54.3 Å². The maximum absolute atomic E-state index is 13.8. The Balaban J connectivity index is 1.98. The predicted molar refractivity (Wildman–Crippen MR) is 73.5 cm³/mol. The fourth-order valence-electron chi connectivity index (χ4n) is 2.88. The van der Waals surface area contributed by atoms with Gasteiger partial charge in [-0.2, -0.15) is 0 Å². The van der Waals surface area contributed by atoms with E-state index in [1.807, 2.05) is 6.07 Å². The summed E-state index contributed by atoms with van der Waals surface area (Å²) in [6.45, 7) is -0.138. The van der Waals surface area contributed by atoms with Gasteiger partial charge < -0.3 is 10.4 Å². The van der Waals surface area contributed by atoms with E-state index in [-0.39, 0.29) is 18.2 Å². The largest absolute Gasteiger partial charge is 0.394 e. The molecule has 20 heavy (non-hydrogen) atoms. The number of rotatable bonds is 3. The third-order valence-corrected chi connectivity index (χ3v) is 3.93. The Morgan fingerprint density at radius 2 is 1.85 bits per heavy atom. The summed E-state index contributed by atoms with van der Waals surface area (Å²) in [5, 5.41) is 13.0. The van der Waals surface area contributed by atoms with Crippen LogP contribution in [0.3, 0.4) is 0 Å². The molecule has 1 unspecified atom stereocenters. The van der Waals surface area contributed by atoms with Crippen LogP contribution in [0.25, 0.3) is 0 Å². The molecule has 2 N–H and O–H groups in total. The smallest absolute Gasteiger partial charge is 0.126 e. The van der Waals surface area contributed by atoms with E-state index in [0.717, 1.165) is 5.56 Å². The van der Waals surface area contributed by atoms with Crippen molar-refractivity contribution < 1.29 is 13.9 Å². The zero-order valence-corrected chi connectivity index (χ0v) is 10.9. The summed E-state index contributed by atoms with van der Waals surface area (Å²) in [6, 6.07) is 10.9. The second-order valence-corrected chi connectivity index (χ2v) is 5.14. The van der Waals surface area contributed by atoms with Gasteiger partial charge in [0.25, 0.3) is 0 Å². The van der Waals surface area contributed by atoms with Gasteiger partial charge in [0.05, 0.1) is 12.1 Å². The zero-order valence-electron chi connectivity index (χ0n) is 10.9. The summed E-state index contributed by atoms with van der Waals surface area (Å²) in [6.07, 6.45) is 1.19. The zero-order chi connectivity index (χ0) is 14.2. The molecule has 0 heterocycles. The van der Waals surface area contributed by atoms with Crippen LogP contribution in [0.2, 0.25) is 0 Å². The lowest BCUT2D eigenvalue weighted by molar-refractivity contribution is 0.211. The Labute approximate surface area is 116 Å². The van der Waals surface area contributed by atoms with Crippen LogP contribution in [0.15, 0.2) is 42.5 Å². The van der Waals surface area contributed by atoms with Crippen molar-refractivity contribution in [2.75, 3.05) is 11.9 Å².